The fourth-order valence-corrected chi connectivity index (χ4v) is 3.82. The molecule has 1 aromatic carbocycles. The van der Waals surface area contributed by atoms with Gasteiger partial charge in [0.25, 0.3) is 0 Å². The summed E-state index contributed by atoms with van der Waals surface area (Å²) in [6, 6.07) is 10.3. The van der Waals surface area contributed by atoms with E-state index in [-0.39, 0.29) is 0 Å². The molecular formula is C14H22OSn. The zero-order chi connectivity index (χ0) is 11.9. The fourth-order valence-electron chi connectivity index (χ4n) is 1.32. The van der Waals surface area contributed by atoms with Gasteiger partial charge in [0.1, 0.15) is 0 Å². The average molecular weight is 325 g/mol. The van der Waals surface area contributed by atoms with Gasteiger partial charge < -0.3 is 0 Å². The predicted molar refractivity (Wildman–Crippen MR) is 73.4 cm³/mol. The van der Waals surface area contributed by atoms with Crippen LogP contribution in [0.4, 0.5) is 0 Å². The normalized spacial score (nSPS) is 12.2. The van der Waals surface area contributed by atoms with Gasteiger partial charge in [-0.25, -0.2) is 0 Å². The van der Waals surface area contributed by atoms with E-state index < -0.39 is 18.4 Å². The average Bonchev–Trinajstić information content (AvgIpc) is 2.23. The summed E-state index contributed by atoms with van der Waals surface area (Å²) in [5, 5.41) is 0. The molecule has 0 aliphatic rings. The number of hydrogen-bond donors (Lipinski definition) is 0. The minimum atomic E-state index is -1.59. The third-order valence-electron chi connectivity index (χ3n) is 2.22. The van der Waals surface area contributed by atoms with Gasteiger partial charge in [-0.3, -0.25) is 0 Å². The first kappa shape index (κ1) is 13.8. The van der Waals surface area contributed by atoms with Crippen molar-refractivity contribution in [1.29, 1.82) is 0 Å². The molecule has 0 amide bonds. The van der Waals surface area contributed by atoms with Gasteiger partial charge >= 0.3 is 104 Å². The summed E-state index contributed by atoms with van der Waals surface area (Å²) < 4.78 is 6.88. The van der Waals surface area contributed by atoms with Crippen LogP contribution >= 0.6 is 0 Å². The molecule has 16 heavy (non-hydrogen) atoms. The van der Waals surface area contributed by atoms with Gasteiger partial charge in [-0.1, -0.05) is 0 Å². The second-order valence-corrected chi connectivity index (χ2v) is 21.0. The summed E-state index contributed by atoms with van der Waals surface area (Å²) in [5.41, 5.74) is 1.24. The van der Waals surface area contributed by atoms with Crippen molar-refractivity contribution >= 4 is 18.4 Å². The van der Waals surface area contributed by atoms with E-state index in [0.717, 1.165) is 6.61 Å². The molecule has 0 N–H and O–H groups in total. The zero-order valence-electron chi connectivity index (χ0n) is 10.6. The van der Waals surface area contributed by atoms with Crippen LogP contribution in [0.15, 0.2) is 42.5 Å². The Balaban J connectivity index is 2.13. The Morgan fingerprint density at radius 1 is 1.06 bits per heavy atom. The number of benzene rings is 1. The SMILES string of the molecule is [CH3][Sn]([CH3])([CH3])[CH2]/C=C\COCc1ccccc1. The van der Waals surface area contributed by atoms with Crippen LogP contribution < -0.4 is 0 Å². The minimum absolute atomic E-state index is 0.712. The topological polar surface area (TPSA) is 9.23 Å². The van der Waals surface area contributed by atoms with E-state index in [4.69, 9.17) is 4.74 Å². The van der Waals surface area contributed by atoms with E-state index in [1.54, 1.807) is 0 Å². The number of allylic oxidation sites excluding steroid dienone is 1. The van der Waals surface area contributed by atoms with E-state index in [0.29, 0.717) is 6.61 Å². The van der Waals surface area contributed by atoms with Crippen molar-refractivity contribution in [3.05, 3.63) is 48.0 Å². The maximum atomic E-state index is 5.57. The standard InChI is InChI=1S/C11H13O.3CH3.Sn/c1-2-3-9-12-10-11-7-5-4-6-8-11;;;;/h2-8H,1,9-10H2;3*1H3;/b3-2-;;;;. The van der Waals surface area contributed by atoms with Crippen LogP contribution in [-0.2, 0) is 11.3 Å². The van der Waals surface area contributed by atoms with Gasteiger partial charge in [0.15, 0.2) is 0 Å². The molecule has 0 saturated carbocycles. The molecule has 0 saturated heterocycles. The van der Waals surface area contributed by atoms with Gasteiger partial charge in [0.05, 0.1) is 0 Å². The number of rotatable bonds is 6. The van der Waals surface area contributed by atoms with Crippen molar-refractivity contribution in [2.24, 2.45) is 0 Å². The first-order chi connectivity index (χ1) is 7.58. The first-order valence-corrected chi connectivity index (χ1v) is 16.4. The van der Waals surface area contributed by atoms with Gasteiger partial charge in [-0.2, -0.15) is 0 Å². The molecule has 0 fully saturated rings. The monoisotopic (exact) mass is 326 g/mol. The first-order valence-electron chi connectivity index (χ1n) is 5.84. The molecule has 0 unspecified atom stereocenters. The molecule has 2 heteroatoms. The maximum absolute atomic E-state index is 5.57. The molecule has 0 spiro atoms. The van der Waals surface area contributed by atoms with E-state index in [1.807, 2.05) is 18.2 Å². The van der Waals surface area contributed by atoms with Crippen LogP contribution in [0.1, 0.15) is 5.56 Å². The van der Waals surface area contributed by atoms with E-state index in [1.165, 1.54) is 10.0 Å². The van der Waals surface area contributed by atoms with Crippen LogP contribution in [0, 0.1) is 0 Å². The molecule has 0 radical (unpaired) electrons. The summed E-state index contributed by atoms with van der Waals surface area (Å²) in [6.45, 7) is 1.45. The molecule has 1 rings (SSSR count). The van der Waals surface area contributed by atoms with Crippen molar-refractivity contribution < 1.29 is 4.74 Å². The van der Waals surface area contributed by atoms with Crippen LogP contribution in [-0.4, -0.2) is 25.0 Å². The molecule has 0 atom stereocenters. The van der Waals surface area contributed by atoms with E-state index in [2.05, 4.69) is 39.1 Å². The molecule has 1 aromatic rings. The summed E-state index contributed by atoms with van der Waals surface area (Å²) >= 11 is -1.59. The third-order valence-corrected chi connectivity index (χ3v) is 6.39. The van der Waals surface area contributed by atoms with Crippen LogP contribution in [0.3, 0.4) is 0 Å². The molecule has 0 aliphatic carbocycles. The Morgan fingerprint density at radius 3 is 2.38 bits per heavy atom. The fraction of sp³-hybridized carbons (Fsp3) is 0.429. The molecule has 0 aromatic heterocycles. The van der Waals surface area contributed by atoms with Crippen molar-refractivity contribution in [3.63, 3.8) is 0 Å². The molecular weight excluding hydrogens is 303 g/mol. The molecule has 88 valence electrons. The predicted octanol–water partition coefficient (Wildman–Crippen LogP) is 4.10. The Morgan fingerprint density at radius 2 is 1.75 bits per heavy atom. The Bertz CT molecular complexity index is 311. The van der Waals surface area contributed by atoms with E-state index >= 15 is 0 Å². The molecule has 1 nitrogen and oxygen atoms in total. The number of hydrogen-bond acceptors (Lipinski definition) is 1. The third kappa shape index (κ3) is 7.07. The summed E-state index contributed by atoms with van der Waals surface area (Å²) in [6.07, 6.45) is 4.45. The van der Waals surface area contributed by atoms with Crippen molar-refractivity contribution in [2.45, 2.75) is 25.9 Å². The quantitative estimate of drug-likeness (QED) is 0.435. The zero-order valence-corrected chi connectivity index (χ0v) is 13.4. The van der Waals surface area contributed by atoms with Crippen LogP contribution in [0.2, 0.25) is 19.3 Å². The second kappa shape index (κ2) is 7.12. The summed E-state index contributed by atoms with van der Waals surface area (Å²) in [7, 11) is 0. The second-order valence-electron chi connectivity index (χ2n) is 5.24. The van der Waals surface area contributed by atoms with Gasteiger partial charge in [0, 0.05) is 0 Å². The van der Waals surface area contributed by atoms with E-state index in [9.17, 15) is 0 Å². The van der Waals surface area contributed by atoms with Crippen molar-refractivity contribution in [2.75, 3.05) is 6.61 Å². The Hall–Kier alpha value is -0.281. The van der Waals surface area contributed by atoms with Gasteiger partial charge in [0.2, 0.25) is 0 Å². The summed E-state index contributed by atoms with van der Waals surface area (Å²) in [4.78, 5) is 7.34. The summed E-state index contributed by atoms with van der Waals surface area (Å²) in [5.74, 6) is 0. The Kier molecular flexibility index (Phi) is 6.14. The van der Waals surface area contributed by atoms with Gasteiger partial charge in [-0.05, 0) is 0 Å². The Labute approximate surface area is 103 Å². The van der Waals surface area contributed by atoms with Crippen LogP contribution in [0.25, 0.3) is 0 Å². The molecule has 0 bridgehead atoms. The number of ether oxygens (including phenoxy) is 1. The molecule has 0 aliphatic heterocycles. The van der Waals surface area contributed by atoms with Crippen molar-refractivity contribution in [3.8, 4) is 0 Å². The van der Waals surface area contributed by atoms with Gasteiger partial charge in [-0.15, -0.1) is 0 Å². The molecule has 0 heterocycles. The van der Waals surface area contributed by atoms with Crippen molar-refractivity contribution in [1.82, 2.24) is 0 Å². The van der Waals surface area contributed by atoms with Crippen LogP contribution in [0.5, 0.6) is 0 Å².